The minimum atomic E-state index is -2.21. The minimum absolute atomic E-state index is 1.06. The van der Waals surface area contributed by atoms with E-state index in [1.807, 2.05) is 0 Å². The zero-order valence-corrected chi connectivity index (χ0v) is 6.79. The van der Waals surface area contributed by atoms with Gasteiger partial charge in [0.2, 0.25) is 3.79 Å². The first-order valence-corrected chi connectivity index (χ1v) is 3.15. The molecule has 0 saturated carbocycles. The summed E-state index contributed by atoms with van der Waals surface area (Å²) < 4.78 is 20.6. The predicted octanol–water partition coefficient (Wildman–Crippen LogP) is 3.70. The van der Waals surface area contributed by atoms with Crippen molar-refractivity contribution in [3.8, 4) is 0 Å². The fourth-order valence-electron chi connectivity index (χ4n) is 0.107. The van der Waals surface area contributed by atoms with E-state index in [2.05, 4.69) is 0 Å². The maximum Gasteiger partial charge on any atom is 0.289 e. The summed E-state index contributed by atoms with van der Waals surface area (Å²) in [5.74, 6) is 0. The van der Waals surface area contributed by atoms with Crippen molar-refractivity contribution in [1.29, 1.82) is 0 Å². The van der Waals surface area contributed by atoms with Gasteiger partial charge in [0.1, 0.15) is 5.03 Å². The van der Waals surface area contributed by atoms with E-state index < -0.39 is 14.9 Å². The molecule has 0 spiro atoms. The van der Waals surface area contributed by atoms with Gasteiger partial charge in [-0.1, -0.05) is 46.4 Å². The molecule has 0 N–H and O–H groups in total. The Balaban J connectivity index is 4.40. The molecule has 0 aromatic rings. The molecule has 0 saturated heterocycles. The molecule has 0 aromatic heterocycles. The second-order valence-electron chi connectivity index (χ2n) is 1.07. The third-order valence-electron chi connectivity index (χ3n) is 0.415. The number of hydrogen-bond acceptors (Lipinski definition) is 0. The van der Waals surface area contributed by atoms with Crippen LogP contribution in [-0.4, -0.2) is 3.79 Å². The molecule has 0 nitrogen and oxygen atoms in total. The summed E-state index contributed by atoms with van der Waals surface area (Å²) in [5.41, 5.74) is 0. The number of hydrogen-bond donors (Lipinski definition) is 0. The summed E-state index contributed by atoms with van der Waals surface area (Å²) in [4.78, 5) is 0. The van der Waals surface area contributed by atoms with Crippen molar-refractivity contribution in [2.45, 2.75) is 3.79 Å². The lowest BCUT2D eigenvalue weighted by molar-refractivity contribution is 0.416. The largest absolute Gasteiger partial charge is 0.289 e. The third-order valence-corrected chi connectivity index (χ3v) is 1.70. The molecule has 0 radical (unpaired) electrons. The lowest BCUT2D eigenvalue weighted by Gasteiger charge is -2.05. The van der Waals surface area contributed by atoms with E-state index in [1.54, 1.807) is 0 Å². The Labute approximate surface area is 70.3 Å². The van der Waals surface area contributed by atoms with E-state index in [4.69, 9.17) is 46.4 Å². The maximum atomic E-state index is 11.4. The summed E-state index contributed by atoms with van der Waals surface area (Å²) in [6.45, 7) is 0. The standard InChI is InChI=1S/C3Cl4F2/c4-1(2(8)9)3(5,6)7. The van der Waals surface area contributed by atoms with Crippen LogP contribution in [0.2, 0.25) is 0 Å². The molecule has 0 amide bonds. The van der Waals surface area contributed by atoms with Gasteiger partial charge in [0.15, 0.2) is 0 Å². The second kappa shape index (κ2) is 3.24. The SMILES string of the molecule is FC(F)=C(Cl)C(Cl)(Cl)Cl. The highest BCUT2D eigenvalue weighted by molar-refractivity contribution is 6.72. The van der Waals surface area contributed by atoms with E-state index in [0.29, 0.717) is 0 Å². The van der Waals surface area contributed by atoms with Gasteiger partial charge in [-0.25, -0.2) is 0 Å². The molecule has 9 heavy (non-hydrogen) atoms. The van der Waals surface area contributed by atoms with Crippen molar-refractivity contribution in [2.75, 3.05) is 0 Å². The highest BCUT2D eigenvalue weighted by Crippen LogP contribution is 2.39. The number of allylic oxidation sites excluding steroid dienone is 1. The average molecular weight is 216 g/mol. The maximum absolute atomic E-state index is 11.4. The Bertz CT molecular complexity index is 131. The zero-order chi connectivity index (χ0) is 7.65. The molecule has 0 aliphatic rings. The topological polar surface area (TPSA) is 0 Å². The van der Waals surface area contributed by atoms with Crippen LogP contribution >= 0.6 is 46.4 Å². The average Bonchev–Trinajstić information content (AvgIpc) is 1.62. The first kappa shape index (κ1) is 9.76. The van der Waals surface area contributed by atoms with Crippen LogP contribution in [0.25, 0.3) is 0 Å². The Hall–Kier alpha value is 0.760. The van der Waals surface area contributed by atoms with Gasteiger partial charge in [0.05, 0.1) is 0 Å². The molecule has 0 aliphatic carbocycles. The molecule has 54 valence electrons. The van der Waals surface area contributed by atoms with Gasteiger partial charge in [-0.2, -0.15) is 8.78 Å². The molecular weight excluding hydrogens is 216 g/mol. The van der Waals surface area contributed by atoms with Crippen LogP contribution in [0.15, 0.2) is 11.1 Å². The van der Waals surface area contributed by atoms with Crippen molar-refractivity contribution >= 4 is 46.4 Å². The van der Waals surface area contributed by atoms with Crippen LogP contribution in [0.4, 0.5) is 8.78 Å². The monoisotopic (exact) mass is 214 g/mol. The van der Waals surface area contributed by atoms with Gasteiger partial charge in [0.25, 0.3) is 6.08 Å². The van der Waals surface area contributed by atoms with E-state index >= 15 is 0 Å². The first-order valence-electron chi connectivity index (χ1n) is 1.63. The minimum Gasteiger partial charge on any atom is -0.172 e. The van der Waals surface area contributed by atoms with Crippen LogP contribution in [0.1, 0.15) is 0 Å². The van der Waals surface area contributed by atoms with Gasteiger partial charge >= 0.3 is 0 Å². The summed E-state index contributed by atoms with van der Waals surface area (Å²) in [6.07, 6.45) is -2.18. The van der Waals surface area contributed by atoms with E-state index in [1.165, 1.54) is 0 Å². The summed E-state index contributed by atoms with van der Waals surface area (Å²) in [5, 5.41) is -1.06. The number of alkyl halides is 3. The molecule has 0 fully saturated rings. The second-order valence-corrected chi connectivity index (χ2v) is 3.73. The summed E-state index contributed by atoms with van der Waals surface area (Å²) in [6, 6.07) is 0. The molecule has 0 aromatic carbocycles. The molecule has 6 heteroatoms. The van der Waals surface area contributed by atoms with Gasteiger partial charge in [0, 0.05) is 0 Å². The van der Waals surface area contributed by atoms with Gasteiger partial charge in [-0.3, -0.25) is 0 Å². The summed E-state index contributed by atoms with van der Waals surface area (Å²) >= 11 is 19.6. The molecule has 0 aliphatic heterocycles. The fraction of sp³-hybridized carbons (Fsp3) is 0.333. The van der Waals surface area contributed by atoms with Crippen LogP contribution in [0, 0.1) is 0 Å². The van der Waals surface area contributed by atoms with Crippen molar-refractivity contribution in [3.05, 3.63) is 11.1 Å². The smallest absolute Gasteiger partial charge is 0.172 e. The molecule has 0 atom stereocenters. The van der Waals surface area contributed by atoms with Crippen LogP contribution in [0.5, 0.6) is 0 Å². The zero-order valence-electron chi connectivity index (χ0n) is 3.77. The Morgan fingerprint density at radius 2 is 1.44 bits per heavy atom. The lowest BCUT2D eigenvalue weighted by Crippen LogP contribution is -2.01. The highest BCUT2D eigenvalue weighted by atomic mass is 35.6. The molecular formula is C3Cl4F2. The number of halogens is 6. The van der Waals surface area contributed by atoms with Crippen LogP contribution in [-0.2, 0) is 0 Å². The molecule has 0 heterocycles. The Morgan fingerprint density at radius 1 is 1.11 bits per heavy atom. The van der Waals surface area contributed by atoms with E-state index in [0.717, 1.165) is 0 Å². The molecule has 0 bridgehead atoms. The van der Waals surface area contributed by atoms with E-state index in [9.17, 15) is 8.78 Å². The summed E-state index contributed by atoms with van der Waals surface area (Å²) in [7, 11) is 0. The van der Waals surface area contributed by atoms with Gasteiger partial charge in [-0.15, -0.1) is 0 Å². The van der Waals surface area contributed by atoms with Crippen LogP contribution in [0.3, 0.4) is 0 Å². The van der Waals surface area contributed by atoms with Crippen molar-refractivity contribution in [3.63, 3.8) is 0 Å². The molecule has 0 unspecified atom stereocenters. The van der Waals surface area contributed by atoms with Gasteiger partial charge in [-0.05, 0) is 0 Å². The Morgan fingerprint density at radius 3 is 1.44 bits per heavy atom. The quantitative estimate of drug-likeness (QED) is 0.541. The molecule has 0 rings (SSSR count). The van der Waals surface area contributed by atoms with E-state index in [-0.39, 0.29) is 0 Å². The third kappa shape index (κ3) is 3.46. The van der Waals surface area contributed by atoms with Crippen LogP contribution < -0.4 is 0 Å². The van der Waals surface area contributed by atoms with Crippen molar-refractivity contribution in [1.82, 2.24) is 0 Å². The first-order chi connectivity index (χ1) is 3.85. The fourth-order valence-corrected chi connectivity index (χ4v) is 0.321. The van der Waals surface area contributed by atoms with Gasteiger partial charge < -0.3 is 0 Å². The Kier molecular flexibility index (Phi) is 3.51. The predicted molar refractivity (Wildman–Crippen MR) is 35.4 cm³/mol. The lowest BCUT2D eigenvalue weighted by atomic mass is 10.7. The van der Waals surface area contributed by atoms with Crippen molar-refractivity contribution < 1.29 is 8.78 Å². The van der Waals surface area contributed by atoms with Crippen molar-refractivity contribution in [2.24, 2.45) is 0 Å². The highest BCUT2D eigenvalue weighted by Gasteiger charge is 2.28. The normalized spacial score (nSPS) is 11.3. The number of rotatable bonds is 0.